The molecule has 0 bridgehead atoms. The largest absolute Gasteiger partial charge is 0.348 e. The van der Waals surface area contributed by atoms with E-state index in [4.69, 9.17) is 0 Å². The Kier molecular flexibility index (Phi) is 4.08. The van der Waals surface area contributed by atoms with Gasteiger partial charge in [0.1, 0.15) is 0 Å². The van der Waals surface area contributed by atoms with E-state index < -0.39 is 0 Å². The lowest BCUT2D eigenvalue weighted by molar-refractivity contribution is -0.117. The van der Waals surface area contributed by atoms with Crippen LogP contribution in [0.3, 0.4) is 0 Å². The molecule has 1 saturated heterocycles. The molecule has 0 aromatic heterocycles. The summed E-state index contributed by atoms with van der Waals surface area (Å²) in [5, 5.41) is 3.44. The molecule has 0 aromatic rings. The molecule has 1 unspecified atom stereocenters. The molecular formula is C9H18N2O. The van der Waals surface area contributed by atoms with Crippen LogP contribution >= 0.6 is 0 Å². The number of carbonyl (C=O) groups is 1. The van der Waals surface area contributed by atoms with Crippen molar-refractivity contribution in [2.75, 3.05) is 20.1 Å². The molecule has 1 heterocycles. The van der Waals surface area contributed by atoms with Crippen LogP contribution in [0.15, 0.2) is 0 Å². The molecule has 0 saturated carbocycles. The molecule has 3 heteroatoms. The van der Waals surface area contributed by atoms with E-state index in [0.29, 0.717) is 6.04 Å². The minimum Gasteiger partial charge on any atom is -0.348 e. The lowest BCUT2D eigenvalue weighted by Crippen LogP contribution is -2.24. The first kappa shape index (κ1) is 9.52. The van der Waals surface area contributed by atoms with Gasteiger partial charge in [-0.1, -0.05) is 0 Å². The van der Waals surface area contributed by atoms with Crippen LogP contribution in [-0.4, -0.2) is 37.5 Å². The Morgan fingerprint density at radius 1 is 1.67 bits per heavy atom. The Labute approximate surface area is 74.1 Å². The standard InChI is InChI=1S/C9H18N2O/c1-11(8-12)7-3-5-9-4-2-6-10-9/h8-10H,2-7H2,1H3. The maximum Gasteiger partial charge on any atom is 0.209 e. The summed E-state index contributed by atoms with van der Waals surface area (Å²) in [6.07, 6.45) is 5.84. The monoisotopic (exact) mass is 170 g/mol. The zero-order chi connectivity index (χ0) is 8.81. The van der Waals surface area contributed by atoms with E-state index in [-0.39, 0.29) is 0 Å². The Hall–Kier alpha value is -0.570. The first-order valence-corrected chi connectivity index (χ1v) is 4.72. The van der Waals surface area contributed by atoms with Gasteiger partial charge in [0.15, 0.2) is 0 Å². The minimum atomic E-state index is 0.713. The molecule has 3 nitrogen and oxygen atoms in total. The maximum atomic E-state index is 10.2. The number of hydrogen-bond acceptors (Lipinski definition) is 2. The van der Waals surface area contributed by atoms with Crippen molar-refractivity contribution in [1.29, 1.82) is 0 Å². The minimum absolute atomic E-state index is 0.713. The number of nitrogens with one attached hydrogen (secondary N) is 1. The number of carbonyl (C=O) groups excluding carboxylic acids is 1. The summed E-state index contributed by atoms with van der Waals surface area (Å²) in [5.41, 5.74) is 0. The van der Waals surface area contributed by atoms with Gasteiger partial charge in [-0.15, -0.1) is 0 Å². The second kappa shape index (κ2) is 5.14. The summed E-state index contributed by atoms with van der Waals surface area (Å²) in [6, 6.07) is 0.713. The fourth-order valence-electron chi connectivity index (χ4n) is 1.64. The maximum absolute atomic E-state index is 10.2. The highest BCUT2D eigenvalue weighted by atomic mass is 16.1. The zero-order valence-electron chi connectivity index (χ0n) is 7.75. The normalized spacial score (nSPS) is 22.6. The van der Waals surface area contributed by atoms with E-state index >= 15 is 0 Å². The summed E-state index contributed by atoms with van der Waals surface area (Å²) in [7, 11) is 1.83. The van der Waals surface area contributed by atoms with Gasteiger partial charge in [0.25, 0.3) is 0 Å². The first-order chi connectivity index (χ1) is 5.83. The van der Waals surface area contributed by atoms with Crippen LogP contribution in [-0.2, 0) is 4.79 Å². The van der Waals surface area contributed by atoms with Crippen molar-refractivity contribution in [3.63, 3.8) is 0 Å². The fourth-order valence-corrected chi connectivity index (χ4v) is 1.64. The van der Waals surface area contributed by atoms with E-state index in [1.165, 1.54) is 25.8 Å². The number of rotatable bonds is 5. The second-order valence-electron chi connectivity index (χ2n) is 3.52. The molecule has 0 radical (unpaired) electrons. The Morgan fingerprint density at radius 3 is 3.08 bits per heavy atom. The van der Waals surface area contributed by atoms with Gasteiger partial charge in [-0.3, -0.25) is 4.79 Å². The number of nitrogens with zero attached hydrogens (tertiary/aromatic N) is 1. The number of hydrogen-bond donors (Lipinski definition) is 1. The van der Waals surface area contributed by atoms with Crippen LogP contribution < -0.4 is 5.32 Å². The van der Waals surface area contributed by atoms with Gasteiger partial charge in [0, 0.05) is 19.6 Å². The van der Waals surface area contributed by atoms with Crippen LogP contribution in [0, 0.1) is 0 Å². The molecule has 1 rings (SSSR count). The van der Waals surface area contributed by atoms with Gasteiger partial charge in [-0.05, 0) is 32.2 Å². The Balaban J connectivity index is 1.97. The summed E-state index contributed by atoms with van der Waals surface area (Å²) in [5.74, 6) is 0. The van der Waals surface area contributed by atoms with Gasteiger partial charge in [0.2, 0.25) is 6.41 Å². The van der Waals surface area contributed by atoms with E-state index in [1.54, 1.807) is 4.90 Å². The van der Waals surface area contributed by atoms with Crippen molar-refractivity contribution < 1.29 is 4.79 Å². The average Bonchev–Trinajstić information content (AvgIpc) is 2.57. The highest BCUT2D eigenvalue weighted by Gasteiger charge is 2.12. The van der Waals surface area contributed by atoms with Gasteiger partial charge in [0.05, 0.1) is 0 Å². The molecule has 0 aliphatic carbocycles. The van der Waals surface area contributed by atoms with Gasteiger partial charge < -0.3 is 10.2 Å². The third kappa shape index (κ3) is 3.22. The van der Waals surface area contributed by atoms with Crippen molar-refractivity contribution in [2.45, 2.75) is 31.7 Å². The first-order valence-electron chi connectivity index (χ1n) is 4.72. The second-order valence-corrected chi connectivity index (χ2v) is 3.52. The van der Waals surface area contributed by atoms with Crippen LogP contribution in [0.5, 0.6) is 0 Å². The fraction of sp³-hybridized carbons (Fsp3) is 0.889. The molecule has 0 spiro atoms. The highest BCUT2D eigenvalue weighted by molar-refractivity contribution is 5.46. The van der Waals surface area contributed by atoms with Crippen molar-refractivity contribution >= 4 is 6.41 Å². The molecule has 1 N–H and O–H groups in total. The molecule has 12 heavy (non-hydrogen) atoms. The predicted octanol–water partition coefficient (Wildman–Crippen LogP) is 0.607. The van der Waals surface area contributed by atoms with Crippen LogP contribution in [0.4, 0.5) is 0 Å². The Morgan fingerprint density at radius 2 is 2.50 bits per heavy atom. The van der Waals surface area contributed by atoms with Crippen molar-refractivity contribution in [2.24, 2.45) is 0 Å². The van der Waals surface area contributed by atoms with Crippen molar-refractivity contribution in [3.8, 4) is 0 Å². The van der Waals surface area contributed by atoms with Gasteiger partial charge in [-0.2, -0.15) is 0 Å². The van der Waals surface area contributed by atoms with Crippen LogP contribution in [0.2, 0.25) is 0 Å². The SMILES string of the molecule is CN(C=O)CCCC1CCCN1. The lowest BCUT2D eigenvalue weighted by Gasteiger charge is -2.13. The molecule has 70 valence electrons. The topological polar surface area (TPSA) is 32.3 Å². The molecule has 1 aliphatic rings. The lowest BCUT2D eigenvalue weighted by atomic mass is 10.1. The average molecular weight is 170 g/mol. The smallest absolute Gasteiger partial charge is 0.209 e. The van der Waals surface area contributed by atoms with E-state index in [9.17, 15) is 4.79 Å². The van der Waals surface area contributed by atoms with Gasteiger partial charge >= 0.3 is 0 Å². The van der Waals surface area contributed by atoms with E-state index in [2.05, 4.69) is 5.32 Å². The van der Waals surface area contributed by atoms with Crippen LogP contribution in [0.25, 0.3) is 0 Å². The van der Waals surface area contributed by atoms with Crippen molar-refractivity contribution in [3.05, 3.63) is 0 Å². The molecule has 1 aliphatic heterocycles. The van der Waals surface area contributed by atoms with Crippen LogP contribution in [0.1, 0.15) is 25.7 Å². The summed E-state index contributed by atoms with van der Waals surface area (Å²) in [6.45, 7) is 2.07. The summed E-state index contributed by atoms with van der Waals surface area (Å²) < 4.78 is 0. The number of amides is 1. The molecule has 1 atom stereocenters. The van der Waals surface area contributed by atoms with Gasteiger partial charge in [-0.25, -0.2) is 0 Å². The molecular weight excluding hydrogens is 152 g/mol. The highest BCUT2D eigenvalue weighted by Crippen LogP contribution is 2.10. The molecule has 1 fully saturated rings. The van der Waals surface area contributed by atoms with Crippen molar-refractivity contribution in [1.82, 2.24) is 10.2 Å². The van der Waals surface area contributed by atoms with E-state index in [1.807, 2.05) is 7.05 Å². The third-order valence-electron chi connectivity index (χ3n) is 2.41. The predicted molar refractivity (Wildman–Crippen MR) is 49.0 cm³/mol. The summed E-state index contributed by atoms with van der Waals surface area (Å²) in [4.78, 5) is 11.9. The summed E-state index contributed by atoms with van der Waals surface area (Å²) >= 11 is 0. The molecule has 1 amide bonds. The Bertz CT molecular complexity index is 132. The quantitative estimate of drug-likeness (QED) is 0.613. The van der Waals surface area contributed by atoms with E-state index in [0.717, 1.165) is 19.4 Å². The molecule has 0 aromatic carbocycles. The zero-order valence-corrected chi connectivity index (χ0v) is 7.75. The third-order valence-corrected chi connectivity index (χ3v) is 2.41.